The van der Waals surface area contributed by atoms with Crippen molar-refractivity contribution < 1.29 is 19.1 Å². The smallest absolute Gasteiger partial charge is 0.369 e. The van der Waals surface area contributed by atoms with Crippen LogP contribution in [-0.4, -0.2) is 25.9 Å². The zero-order chi connectivity index (χ0) is 17.8. The summed E-state index contributed by atoms with van der Waals surface area (Å²) in [6, 6.07) is 10.6. The average molecular weight is 360 g/mol. The fourth-order valence-electron chi connectivity index (χ4n) is 2.85. The maximum absolute atomic E-state index is 12.3. The monoisotopic (exact) mass is 359 g/mol. The molecule has 0 unspecified atom stereocenters. The van der Waals surface area contributed by atoms with Gasteiger partial charge in [0.1, 0.15) is 17.1 Å². The van der Waals surface area contributed by atoms with Gasteiger partial charge in [-0.3, -0.25) is 0 Å². The predicted molar refractivity (Wildman–Crippen MR) is 95.9 cm³/mol. The highest BCUT2D eigenvalue weighted by Crippen LogP contribution is 2.27. The first-order valence-electron chi connectivity index (χ1n) is 7.91. The minimum absolute atomic E-state index is 0.241. The normalized spacial score (nSPS) is 14.8. The van der Waals surface area contributed by atoms with Crippen molar-refractivity contribution in [3.63, 3.8) is 0 Å². The quantitative estimate of drug-likeness (QED) is 0.604. The second kappa shape index (κ2) is 7.57. The van der Waals surface area contributed by atoms with Gasteiger partial charge >= 0.3 is 5.97 Å². The Morgan fingerprint density at radius 1 is 1.08 bits per heavy atom. The first kappa shape index (κ1) is 17.3. The number of rotatable bonds is 4. The van der Waals surface area contributed by atoms with Gasteiger partial charge in [-0.05, 0) is 61.2 Å². The number of aryl methyl sites for hydroxylation is 1. The van der Waals surface area contributed by atoms with E-state index in [9.17, 15) is 4.79 Å². The molecule has 1 aliphatic rings. The minimum Gasteiger partial charge on any atom is -0.497 e. The molecular weight excluding hydrogens is 342 g/mol. The van der Waals surface area contributed by atoms with Gasteiger partial charge in [-0.25, -0.2) is 4.79 Å². The molecule has 0 heterocycles. The number of methoxy groups -OCH3 is 2. The number of fused-ring (bicyclic) bond motifs is 1. The molecule has 0 aliphatic heterocycles. The number of carbonyl (C=O) groups excluding carboxylic acids is 1. The van der Waals surface area contributed by atoms with Crippen LogP contribution in [0.4, 0.5) is 0 Å². The van der Waals surface area contributed by atoms with E-state index in [2.05, 4.69) is 5.16 Å². The first-order valence-corrected chi connectivity index (χ1v) is 8.29. The number of ether oxygens (including phenoxy) is 2. The lowest BCUT2D eigenvalue weighted by Crippen LogP contribution is -2.14. The maximum Gasteiger partial charge on any atom is 0.369 e. The van der Waals surface area contributed by atoms with E-state index < -0.39 is 5.97 Å². The van der Waals surface area contributed by atoms with Crippen LogP contribution in [0.3, 0.4) is 0 Å². The zero-order valence-electron chi connectivity index (χ0n) is 14.0. The molecule has 2 aromatic rings. The van der Waals surface area contributed by atoms with E-state index in [1.807, 2.05) is 18.2 Å². The van der Waals surface area contributed by atoms with E-state index in [1.54, 1.807) is 19.2 Å². The highest BCUT2D eigenvalue weighted by Gasteiger charge is 2.19. The molecule has 0 atom stereocenters. The lowest BCUT2D eigenvalue weighted by molar-refractivity contribution is 0.0512. The lowest BCUT2D eigenvalue weighted by Gasteiger charge is -2.18. The van der Waals surface area contributed by atoms with Crippen molar-refractivity contribution in [2.45, 2.75) is 19.3 Å². The van der Waals surface area contributed by atoms with E-state index in [0.717, 1.165) is 41.9 Å². The molecule has 130 valence electrons. The molecule has 1 aliphatic carbocycles. The van der Waals surface area contributed by atoms with Crippen molar-refractivity contribution in [1.29, 1.82) is 0 Å². The minimum atomic E-state index is -0.604. The Labute approximate surface area is 151 Å². The van der Waals surface area contributed by atoms with Crippen molar-refractivity contribution >= 4 is 23.3 Å². The molecule has 3 rings (SSSR count). The third-order valence-electron chi connectivity index (χ3n) is 4.10. The van der Waals surface area contributed by atoms with E-state index in [-0.39, 0.29) is 5.56 Å². The number of nitrogens with zero attached hydrogens (tertiary/aromatic N) is 1. The third-order valence-corrected chi connectivity index (χ3v) is 4.34. The second-order valence-corrected chi connectivity index (χ2v) is 6.07. The summed E-state index contributed by atoms with van der Waals surface area (Å²) in [5.74, 6) is 0.594. The molecule has 0 amide bonds. The summed E-state index contributed by atoms with van der Waals surface area (Å²) in [5.41, 5.74) is 3.11. The summed E-state index contributed by atoms with van der Waals surface area (Å²) in [7, 11) is 3.12. The Kier molecular flexibility index (Phi) is 5.24. The molecule has 25 heavy (non-hydrogen) atoms. The summed E-state index contributed by atoms with van der Waals surface area (Å²) < 4.78 is 10.4. The number of halogens is 1. The summed E-state index contributed by atoms with van der Waals surface area (Å²) in [6.07, 6.45) is 2.64. The first-order chi connectivity index (χ1) is 12.1. The van der Waals surface area contributed by atoms with Crippen LogP contribution in [0.2, 0.25) is 5.02 Å². The molecule has 0 saturated carbocycles. The van der Waals surface area contributed by atoms with E-state index in [1.165, 1.54) is 13.2 Å². The zero-order valence-corrected chi connectivity index (χ0v) is 14.8. The Morgan fingerprint density at radius 2 is 1.92 bits per heavy atom. The predicted octanol–water partition coefficient (Wildman–Crippen LogP) is 4.25. The molecule has 0 N–H and O–H groups in total. The molecule has 2 aromatic carbocycles. The molecular formula is C19H18ClNO4. The van der Waals surface area contributed by atoms with E-state index >= 15 is 0 Å². The van der Waals surface area contributed by atoms with Gasteiger partial charge in [0.2, 0.25) is 0 Å². The molecule has 0 bridgehead atoms. The second-order valence-electron chi connectivity index (χ2n) is 5.64. The van der Waals surface area contributed by atoms with Crippen LogP contribution in [0, 0.1) is 0 Å². The van der Waals surface area contributed by atoms with Gasteiger partial charge in [-0.2, -0.15) is 0 Å². The lowest BCUT2D eigenvalue weighted by atomic mass is 9.90. The fourth-order valence-corrected chi connectivity index (χ4v) is 3.02. The van der Waals surface area contributed by atoms with Gasteiger partial charge < -0.3 is 14.3 Å². The van der Waals surface area contributed by atoms with Gasteiger partial charge in [0.05, 0.1) is 19.9 Å². The van der Waals surface area contributed by atoms with Gasteiger partial charge in [-0.15, -0.1) is 0 Å². The van der Waals surface area contributed by atoms with Crippen LogP contribution in [-0.2, 0) is 11.3 Å². The standard InChI is InChI=1S/C19H18ClNO4/c1-23-14-7-8-15-12(10-14)4-3-5-17(15)21-25-19(22)16-11-13(20)6-9-18(16)24-2/h6-11H,3-5H2,1-2H3/b21-17-. The molecule has 5 nitrogen and oxygen atoms in total. The van der Waals surface area contributed by atoms with Gasteiger partial charge in [0.25, 0.3) is 0 Å². The Balaban J connectivity index is 1.84. The topological polar surface area (TPSA) is 57.1 Å². The molecule has 0 spiro atoms. The summed E-state index contributed by atoms with van der Waals surface area (Å²) >= 11 is 5.95. The largest absolute Gasteiger partial charge is 0.497 e. The fraction of sp³-hybridized carbons (Fsp3) is 0.263. The van der Waals surface area contributed by atoms with Crippen LogP contribution < -0.4 is 9.47 Å². The Hall–Kier alpha value is -2.53. The van der Waals surface area contributed by atoms with Crippen LogP contribution in [0.25, 0.3) is 0 Å². The average Bonchev–Trinajstić information content (AvgIpc) is 2.65. The van der Waals surface area contributed by atoms with Crippen molar-refractivity contribution in [3.05, 3.63) is 58.1 Å². The molecule has 0 radical (unpaired) electrons. The number of oxime groups is 1. The van der Waals surface area contributed by atoms with Crippen molar-refractivity contribution in [2.75, 3.05) is 14.2 Å². The third kappa shape index (κ3) is 3.77. The summed E-state index contributed by atoms with van der Waals surface area (Å²) in [4.78, 5) is 17.5. The van der Waals surface area contributed by atoms with Gasteiger partial charge in [-0.1, -0.05) is 16.8 Å². The Bertz CT molecular complexity index is 832. The van der Waals surface area contributed by atoms with Crippen LogP contribution in [0.5, 0.6) is 11.5 Å². The highest BCUT2D eigenvalue weighted by molar-refractivity contribution is 6.31. The highest BCUT2D eigenvalue weighted by atomic mass is 35.5. The van der Waals surface area contributed by atoms with Gasteiger partial charge in [0, 0.05) is 10.6 Å². The van der Waals surface area contributed by atoms with Crippen molar-refractivity contribution in [3.8, 4) is 11.5 Å². The molecule has 0 saturated heterocycles. The van der Waals surface area contributed by atoms with E-state index in [4.69, 9.17) is 25.9 Å². The molecule has 0 fully saturated rings. The van der Waals surface area contributed by atoms with Crippen LogP contribution in [0.15, 0.2) is 41.6 Å². The van der Waals surface area contributed by atoms with Gasteiger partial charge in [0.15, 0.2) is 0 Å². The van der Waals surface area contributed by atoms with E-state index in [0.29, 0.717) is 10.8 Å². The maximum atomic E-state index is 12.3. The number of hydrogen-bond donors (Lipinski definition) is 0. The van der Waals surface area contributed by atoms with Crippen LogP contribution in [0.1, 0.15) is 34.3 Å². The van der Waals surface area contributed by atoms with Crippen molar-refractivity contribution in [2.24, 2.45) is 5.16 Å². The number of hydrogen-bond acceptors (Lipinski definition) is 5. The number of benzene rings is 2. The molecule has 0 aromatic heterocycles. The summed E-state index contributed by atoms with van der Waals surface area (Å²) in [5, 5.41) is 4.52. The summed E-state index contributed by atoms with van der Waals surface area (Å²) in [6.45, 7) is 0. The molecule has 6 heteroatoms. The number of carbonyl (C=O) groups is 1. The Morgan fingerprint density at radius 3 is 2.68 bits per heavy atom. The SMILES string of the molecule is COc1ccc2c(c1)CCC/C2=N/OC(=O)c1cc(Cl)ccc1OC. The van der Waals surface area contributed by atoms with Crippen molar-refractivity contribution in [1.82, 2.24) is 0 Å². The van der Waals surface area contributed by atoms with Crippen LogP contribution >= 0.6 is 11.6 Å².